The summed E-state index contributed by atoms with van der Waals surface area (Å²) in [6, 6.07) is 9.64. The molecule has 0 bridgehead atoms. The minimum absolute atomic E-state index is 0.0571. The van der Waals surface area contributed by atoms with Crippen LogP contribution in [0.25, 0.3) is 11.3 Å². The molecule has 0 unspecified atom stereocenters. The Morgan fingerprint density at radius 3 is 2.47 bits per heavy atom. The van der Waals surface area contributed by atoms with Crippen molar-refractivity contribution in [2.75, 3.05) is 31.7 Å². The Morgan fingerprint density at radius 1 is 1.13 bits per heavy atom. The standard InChI is InChI=1S/C22H26FN3O4/c1-4-25(5-2)22-19(21(24-30-22)16-8-10-17(23)11-9-16)14-26(20(27)15-28-3)13-18-7-6-12-29-18/h6-12H,4-5,13-15H2,1-3H3. The zero-order valence-corrected chi connectivity index (χ0v) is 17.4. The molecule has 8 heteroatoms. The van der Waals surface area contributed by atoms with E-state index in [-0.39, 0.29) is 31.4 Å². The van der Waals surface area contributed by atoms with E-state index in [1.807, 2.05) is 24.8 Å². The first-order valence-electron chi connectivity index (χ1n) is 9.85. The maximum absolute atomic E-state index is 13.4. The first kappa shape index (κ1) is 21.6. The Balaban J connectivity index is 2.01. The van der Waals surface area contributed by atoms with Gasteiger partial charge in [-0.2, -0.15) is 0 Å². The number of hydrogen-bond acceptors (Lipinski definition) is 6. The summed E-state index contributed by atoms with van der Waals surface area (Å²) in [5.74, 6) is 0.728. The molecule has 2 aromatic heterocycles. The molecule has 0 N–H and O–H groups in total. The van der Waals surface area contributed by atoms with Gasteiger partial charge in [-0.1, -0.05) is 5.16 Å². The van der Waals surface area contributed by atoms with E-state index in [2.05, 4.69) is 5.16 Å². The molecular formula is C22H26FN3O4. The number of hydrogen-bond donors (Lipinski definition) is 0. The monoisotopic (exact) mass is 415 g/mol. The van der Waals surface area contributed by atoms with E-state index in [0.29, 0.717) is 36.0 Å². The Kier molecular flexibility index (Phi) is 7.24. The van der Waals surface area contributed by atoms with Gasteiger partial charge in [-0.15, -0.1) is 0 Å². The van der Waals surface area contributed by atoms with Crippen LogP contribution in [-0.2, 0) is 22.6 Å². The Hall–Kier alpha value is -3.13. The largest absolute Gasteiger partial charge is 0.467 e. The highest BCUT2D eigenvalue weighted by Gasteiger charge is 2.26. The van der Waals surface area contributed by atoms with Crippen LogP contribution in [0.5, 0.6) is 0 Å². The van der Waals surface area contributed by atoms with Gasteiger partial charge in [-0.3, -0.25) is 4.79 Å². The molecular weight excluding hydrogens is 389 g/mol. The summed E-state index contributed by atoms with van der Waals surface area (Å²) < 4.78 is 29.6. The van der Waals surface area contributed by atoms with E-state index in [0.717, 1.165) is 5.56 Å². The van der Waals surface area contributed by atoms with Crippen LogP contribution in [0.4, 0.5) is 10.3 Å². The maximum atomic E-state index is 13.4. The molecule has 0 atom stereocenters. The predicted octanol–water partition coefficient (Wildman–Crippen LogP) is 4.10. The van der Waals surface area contributed by atoms with Gasteiger partial charge in [0.1, 0.15) is 23.9 Å². The highest BCUT2D eigenvalue weighted by Crippen LogP contribution is 2.33. The number of carbonyl (C=O) groups excluding carboxylic acids is 1. The Bertz CT molecular complexity index is 934. The summed E-state index contributed by atoms with van der Waals surface area (Å²) in [7, 11) is 1.48. The van der Waals surface area contributed by atoms with Crippen molar-refractivity contribution < 1.29 is 22.9 Å². The summed E-state index contributed by atoms with van der Waals surface area (Å²) >= 11 is 0. The first-order chi connectivity index (χ1) is 14.6. The van der Waals surface area contributed by atoms with Crippen molar-refractivity contribution in [2.24, 2.45) is 0 Å². The van der Waals surface area contributed by atoms with E-state index in [4.69, 9.17) is 13.7 Å². The van der Waals surface area contributed by atoms with Gasteiger partial charge in [0.2, 0.25) is 11.8 Å². The molecule has 3 aromatic rings. The summed E-state index contributed by atoms with van der Waals surface area (Å²) in [6.45, 7) is 5.93. The smallest absolute Gasteiger partial charge is 0.249 e. The summed E-state index contributed by atoms with van der Waals surface area (Å²) in [5.41, 5.74) is 2.04. The summed E-state index contributed by atoms with van der Waals surface area (Å²) in [6.07, 6.45) is 1.57. The number of benzene rings is 1. The fraction of sp³-hybridized carbons (Fsp3) is 0.364. The zero-order chi connectivity index (χ0) is 21.5. The van der Waals surface area contributed by atoms with Crippen molar-refractivity contribution >= 4 is 11.8 Å². The number of nitrogens with zero attached hydrogens (tertiary/aromatic N) is 3. The van der Waals surface area contributed by atoms with Crippen LogP contribution in [-0.4, -0.2) is 42.8 Å². The number of furan rings is 1. The summed E-state index contributed by atoms with van der Waals surface area (Å²) in [5, 5.41) is 4.26. The molecule has 30 heavy (non-hydrogen) atoms. The van der Waals surface area contributed by atoms with Gasteiger partial charge < -0.3 is 23.5 Å². The Morgan fingerprint density at radius 2 is 1.87 bits per heavy atom. The lowest BCUT2D eigenvalue weighted by Crippen LogP contribution is -2.33. The van der Waals surface area contributed by atoms with Gasteiger partial charge in [-0.05, 0) is 50.2 Å². The lowest BCUT2D eigenvalue weighted by Gasteiger charge is -2.24. The van der Waals surface area contributed by atoms with Gasteiger partial charge in [0.05, 0.1) is 24.9 Å². The molecule has 0 aliphatic rings. The molecule has 2 heterocycles. The van der Waals surface area contributed by atoms with Crippen LogP contribution in [0.2, 0.25) is 0 Å². The van der Waals surface area contributed by atoms with Gasteiger partial charge in [0.25, 0.3) is 0 Å². The molecule has 0 aliphatic heterocycles. The minimum atomic E-state index is -0.331. The van der Waals surface area contributed by atoms with Crippen molar-refractivity contribution in [3.05, 3.63) is 59.8 Å². The number of amides is 1. The number of ether oxygens (including phenoxy) is 1. The molecule has 7 nitrogen and oxygen atoms in total. The molecule has 0 saturated carbocycles. The van der Waals surface area contributed by atoms with E-state index < -0.39 is 0 Å². The second kappa shape index (κ2) is 10.1. The van der Waals surface area contributed by atoms with Crippen molar-refractivity contribution in [1.29, 1.82) is 0 Å². The Labute approximate surface area is 175 Å². The van der Waals surface area contributed by atoms with E-state index in [1.165, 1.54) is 19.2 Å². The lowest BCUT2D eigenvalue weighted by molar-refractivity contribution is -0.136. The quantitative estimate of drug-likeness (QED) is 0.497. The number of methoxy groups -OCH3 is 1. The van der Waals surface area contributed by atoms with Crippen molar-refractivity contribution in [2.45, 2.75) is 26.9 Å². The number of rotatable bonds is 10. The molecule has 160 valence electrons. The second-order valence-corrected chi connectivity index (χ2v) is 6.76. The average Bonchev–Trinajstić information content (AvgIpc) is 3.40. The number of aromatic nitrogens is 1. The fourth-order valence-electron chi connectivity index (χ4n) is 3.27. The van der Waals surface area contributed by atoms with Crippen LogP contribution < -0.4 is 4.90 Å². The third-order valence-corrected chi connectivity index (χ3v) is 4.83. The van der Waals surface area contributed by atoms with Crippen LogP contribution in [0.3, 0.4) is 0 Å². The summed E-state index contributed by atoms with van der Waals surface area (Å²) in [4.78, 5) is 16.4. The molecule has 0 fully saturated rings. The van der Waals surface area contributed by atoms with Gasteiger partial charge in [0, 0.05) is 25.8 Å². The van der Waals surface area contributed by atoms with Crippen LogP contribution in [0, 0.1) is 5.82 Å². The molecule has 1 aromatic carbocycles. The topological polar surface area (TPSA) is 72.0 Å². The number of anilines is 1. The molecule has 0 spiro atoms. The molecule has 0 radical (unpaired) electrons. The third kappa shape index (κ3) is 4.88. The number of halogens is 1. The molecule has 1 amide bonds. The predicted molar refractivity (Wildman–Crippen MR) is 110 cm³/mol. The van der Waals surface area contributed by atoms with Gasteiger partial charge in [0.15, 0.2) is 0 Å². The minimum Gasteiger partial charge on any atom is -0.467 e. The van der Waals surface area contributed by atoms with Crippen molar-refractivity contribution in [3.63, 3.8) is 0 Å². The normalized spacial score (nSPS) is 10.9. The third-order valence-electron chi connectivity index (χ3n) is 4.83. The van der Waals surface area contributed by atoms with Crippen molar-refractivity contribution in [1.82, 2.24) is 10.1 Å². The SMILES string of the molecule is CCN(CC)c1onc(-c2ccc(F)cc2)c1CN(Cc1ccco1)C(=O)COC. The van der Waals surface area contributed by atoms with Crippen molar-refractivity contribution in [3.8, 4) is 11.3 Å². The molecule has 0 aliphatic carbocycles. The maximum Gasteiger partial charge on any atom is 0.249 e. The zero-order valence-electron chi connectivity index (χ0n) is 17.4. The second-order valence-electron chi connectivity index (χ2n) is 6.76. The van der Waals surface area contributed by atoms with Gasteiger partial charge >= 0.3 is 0 Å². The van der Waals surface area contributed by atoms with E-state index in [9.17, 15) is 9.18 Å². The highest BCUT2D eigenvalue weighted by atomic mass is 19.1. The number of carbonyl (C=O) groups is 1. The average molecular weight is 415 g/mol. The molecule has 3 rings (SSSR count). The van der Waals surface area contributed by atoms with Crippen LogP contribution in [0.1, 0.15) is 25.2 Å². The van der Waals surface area contributed by atoms with Crippen LogP contribution in [0.15, 0.2) is 51.6 Å². The van der Waals surface area contributed by atoms with E-state index >= 15 is 0 Å². The lowest BCUT2D eigenvalue weighted by atomic mass is 10.1. The van der Waals surface area contributed by atoms with Gasteiger partial charge in [-0.25, -0.2) is 4.39 Å². The van der Waals surface area contributed by atoms with Crippen LogP contribution >= 0.6 is 0 Å². The fourth-order valence-corrected chi connectivity index (χ4v) is 3.27. The molecule has 0 saturated heterocycles. The van der Waals surface area contributed by atoms with E-state index in [1.54, 1.807) is 29.4 Å². The highest BCUT2D eigenvalue weighted by molar-refractivity contribution is 5.78. The first-order valence-corrected chi connectivity index (χ1v) is 9.85.